The van der Waals surface area contributed by atoms with E-state index in [4.69, 9.17) is 5.14 Å². The molecule has 1 atom stereocenters. The number of amides is 1. The van der Waals surface area contributed by atoms with Crippen LogP contribution in [0.15, 0.2) is 41.3 Å². The van der Waals surface area contributed by atoms with Gasteiger partial charge in [0.1, 0.15) is 0 Å². The van der Waals surface area contributed by atoms with E-state index in [-0.39, 0.29) is 16.8 Å². The lowest BCUT2D eigenvalue weighted by Crippen LogP contribution is -2.25. The van der Waals surface area contributed by atoms with Gasteiger partial charge in [-0.1, -0.05) is 18.2 Å². The number of sulfonamides is 1. The maximum absolute atomic E-state index is 11.4. The summed E-state index contributed by atoms with van der Waals surface area (Å²) >= 11 is 0. The van der Waals surface area contributed by atoms with Gasteiger partial charge >= 0.3 is 0 Å². The molecule has 1 unspecified atom stereocenters. The second-order valence-electron chi connectivity index (χ2n) is 3.85. The van der Waals surface area contributed by atoms with E-state index in [0.717, 1.165) is 0 Å². The van der Waals surface area contributed by atoms with Crippen LogP contribution in [0, 0.1) is 0 Å². The summed E-state index contributed by atoms with van der Waals surface area (Å²) in [5.41, 5.74) is 0.680. The maximum Gasteiger partial charge on any atom is 0.244 e. The van der Waals surface area contributed by atoms with E-state index in [2.05, 4.69) is 5.32 Å². The standard InChI is InChI=1S/C12H16N2O3S/c1-3-5-12(15)14-9(2)10-6-4-7-11(8-10)18(13,16)17/h3-9H,1-2H3,(H,14,15)(H2,13,16,17). The van der Waals surface area contributed by atoms with Gasteiger partial charge in [-0.15, -0.1) is 0 Å². The lowest BCUT2D eigenvalue weighted by atomic mass is 10.1. The first-order valence-electron chi connectivity index (χ1n) is 5.40. The molecule has 1 rings (SSSR count). The van der Waals surface area contributed by atoms with Crippen LogP contribution in [0.5, 0.6) is 0 Å². The van der Waals surface area contributed by atoms with Gasteiger partial charge in [-0.3, -0.25) is 4.79 Å². The van der Waals surface area contributed by atoms with Crippen molar-refractivity contribution in [3.8, 4) is 0 Å². The fourth-order valence-corrected chi connectivity index (χ4v) is 2.03. The average molecular weight is 268 g/mol. The van der Waals surface area contributed by atoms with E-state index in [9.17, 15) is 13.2 Å². The zero-order valence-corrected chi connectivity index (χ0v) is 11.1. The Morgan fingerprint density at radius 3 is 2.67 bits per heavy atom. The van der Waals surface area contributed by atoms with Crippen LogP contribution in [-0.4, -0.2) is 14.3 Å². The molecular weight excluding hydrogens is 252 g/mol. The maximum atomic E-state index is 11.4. The number of carbonyl (C=O) groups excluding carboxylic acids is 1. The van der Waals surface area contributed by atoms with Crippen LogP contribution in [0.1, 0.15) is 25.5 Å². The molecular formula is C12H16N2O3S. The van der Waals surface area contributed by atoms with Crippen molar-refractivity contribution < 1.29 is 13.2 Å². The van der Waals surface area contributed by atoms with Gasteiger partial charge in [0.05, 0.1) is 10.9 Å². The lowest BCUT2D eigenvalue weighted by Gasteiger charge is -2.13. The highest BCUT2D eigenvalue weighted by Crippen LogP contribution is 2.16. The highest BCUT2D eigenvalue weighted by molar-refractivity contribution is 7.89. The molecule has 6 heteroatoms. The van der Waals surface area contributed by atoms with E-state index < -0.39 is 10.0 Å². The minimum absolute atomic E-state index is 0.0344. The molecule has 0 saturated heterocycles. The number of hydrogen-bond donors (Lipinski definition) is 2. The Bertz CT molecular complexity index is 564. The van der Waals surface area contributed by atoms with Gasteiger partial charge in [0.2, 0.25) is 15.9 Å². The fraction of sp³-hybridized carbons (Fsp3) is 0.250. The number of benzene rings is 1. The molecule has 0 radical (unpaired) electrons. The van der Waals surface area contributed by atoms with Gasteiger partial charge in [-0.2, -0.15) is 0 Å². The van der Waals surface area contributed by atoms with Crippen molar-refractivity contribution in [3.05, 3.63) is 42.0 Å². The molecule has 18 heavy (non-hydrogen) atoms. The van der Waals surface area contributed by atoms with Crippen LogP contribution in [0.25, 0.3) is 0 Å². The molecule has 0 aliphatic heterocycles. The molecule has 98 valence electrons. The molecule has 1 aromatic carbocycles. The van der Waals surface area contributed by atoms with Crippen molar-refractivity contribution in [3.63, 3.8) is 0 Å². The molecule has 0 bridgehead atoms. The van der Waals surface area contributed by atoms with Crippen LogP contribution >= 0.6 is 0 Å². The molecule has 0 fully saturated rings. The molecule has 0 aliphatic carbocycles. The monoisotopic (exact) mass is 268 g/mol. The summed E-state index contributed by atoms with van der Waals surface area (Å²) < 4.78 is 22.4. The number of rotatable bonds is 4. The summed E-state index contributed by atoms with van der Waals surface area (Å²) in [5.74, 6) is -0.231. The smallest absolute Gasteiger partial charge is 0.244 e. The summed E-state index contributed by atoms with van der Waals surface area (Å²) in [4.78, 5) is 11.4. The van der Waals surface area contributed by atoms with E-state index >= 15 is 0 Å². The number of carbonyl (C=O) groups is 1. The molecule has 1 aromatic rings. The van der Waals surface area contributed by atoms with Crippen LogP contribution in [0.3, 0.4) is 0 Å². The number of hydrogen-bond acceptors (Lipinski definition) is 3. The Morgan fingerprint density at radius 2 is 2.11 bits per heavy atom. The predicted molar refractivity (Wildman–Crippen MR) is 69.2 cm³/mol. The Labute approximate surface area is 107 Å². The third kappa shape index (κ3) is 3.97. The molecule has 0 saturated carbocycles. The van der Waals surface area contributed by atoms with Crippen molar-refractivity contribution in [2.45, 2.75) is 24.8 Å². The highest BCUT2D eigenvalue weighted by atomic mass is 32.2. The first-order chi connectivity index (χ1) is 8.34. The SMILES string of the molecule is CC=CC(=O)NC(C)c1cccc(S(N)(=O)=O)c1. The largest absolute Gasteiger partial charge is 0.346 e. The van der Waals surface area contributed by atoms with Crippen molar-refractivity contribution in [2.24, 2.45) is 5.14 Å². The van der Waals surface area contributed by atoms with Crippen molar-refractivity contribution >= 4 is 15.9 Å². The third-order valence-electron chi connectivity index (χ3n) is 2.36. The number of nitrogens with one attached hydrogen (secondary N) is 1. The second kappa shape index (κ2) is 5.79. The number of nitrogens with two attached hydrogens (primary N) is 1. The van der Waals surface area contributed by atoms with Crippen LogP contribution < -0.4 is 10.5 Å². The quantitative estimate of drug-likeness (QED) is 0.801. The van der Waals surface area contributed by atoms with Crippen LogP contribution in [0.4, 0.5) is 0 Å². The summed E-state index contributed by atoms with van der Waals surface area (Å²) in [5, 5.41) is 7.76. The molecule has 1 amide bonds. The molecule has 3 N–H and O–H groups in total. The Hall–Kier alpha value is -1.66. The topological polar surface area (TPSA) is 89.3 Å². The van der Waals surface area contributed by atoms with Gasteiger partial charge < -0.3 is 5.32 Å². The fourth-order valence-electron chi connectivity index (χ4n) is 1.46. The lowest BCUT2D eigenvalue weighted by molar-refractivity contribution is -0.117. The van der Waals surface area contributed by atoms with Gasteiger partial charge in [0.15, 0.2) is 0 Å². The van der Waals surface area contributed by atoms with Crippen LogP contribution in [0.2, 0.25) is 0 Å². The minimum atomic E-state index is -3.72. The summed E-state index contributed by atoms with van der Waals surface area (Å²) in [6, 6.07) is 5.90. The summed E-state index contributed by atoms with van der Waals surface area (Å²) in [6.07, 6.45) is 3.03. The number of allylic oxidation sites excluding steroid dienone is 1. The van der Waals surface area contributed by atoms with Gasteiger partial charge in [0.25, 0.3) is 0 Å². The normalized spacial score (nSPS) is 13.5. The van der Waals surface area contributed by atoms with Gasteiger partial charge in [-0.05, 0) is 37.6 Å². The highest BCUT2D eigenvalue weighted by Gasteiger charge is 2.12. The van der Waals surface area contributed by atoms with E-state index in [1.807, 2.05) is 0 Å². The molecule has 0 heterocycles. The van der Waals surface area contributed by atoms with Crippen molar-refractivity contribution in [2.75, 3.05) is 0 Å². The second-order valence-corrected chi connectivity index (χ2v) is 5.41. The van der Waals surface area contributed by atoms with E-state index in [1.54, 1.807) is 32.1 Å². The first-order valence-corrected chi connectivity index (χ1v) is 6.95. The summed E-state index contributed by atoms with van der Waals surface area (Å²) in [6.45, 7) is 3.51. The van der Waals surface area contributed by atoms with E-state index in [1.165, 1.54) is 18.2 Å². The van der Waals surface area contributed by atoms with E-state index in [0.29, 0.717) is 5.56 Å². The Kier molecular flexibility index (Phi) is 4.63. The molecule has 5 nitrogen and oxygen atoms in total. The third-order valence-corrected chi connectivity index (χ3v) is 3.27. The Balaban J connectivity index is 2.94. The number of primary sulfonamides is 1. The van der Waals surface area contributed by atoms with Gasteiger partial charge in [-0.25, -0.2) is 13.6 Å². The first kappa shape index (κ1) is 14.4. The van der Waals surface area contributed by atoms with Gasteiger partial charge in [0, 0.05) is 0 Å². The van der Waals surface area contributed by atoms with Crippen LogP contribution in [-0.2, 0) is 14.8 Å². The van der Waals surface area contributed by atoms with Crippen molar-refractivity contribution in [1.29, 1.82) is 0 Å². The zero-order valence-electron chi connectivity index (χ0n) is 10.3. The van der Waals surface area contributed by atoms with Crippen molar-refractivity contribution in [1.82, 2.24) is 5.32 Å². The average Bonchev–Trinajstić information content (AvgIpc) is 2.28. The predicted octanol–water partition coefficient (Wildman–Crippen LogP) is 1.09. The minimum Gasteiger partial charge on any atom is -0.346 e. The molecule has 0 aromatic heterocycles. The Morgan fingerprint density at radius 1 is 1.44 bits per heavy atom. The molecule has 0 spiro atoms. The molecule has 0 aliphatic rings. The zero-order chi connectivity index (χ0) is 13.8. The summed E-state index contributed by atoms with van der Waals surface area (Å²) in [7, 11) is -3.72.